The third-order valence-electron chi connectivity index (χ3n) is 6.28. The van der Waals surface area contributed by atoms with E-state index in [4.69, 9.17) is 0 Å². The monoisotopic (exact) mass is 518 g/mol. The number of hydrogen-bond acceptors (Lipinski definition) is 4. The number of amides is 2. The van der Waals surface area contributed by atoms with Gasteiger partial charge in [0.25, 0.3) is 0 Å². The highest BCUT2D eigenvalue weighted by molar-refractivity contribution is 14.0. The van der Waals surface area contributed by atoms with Crippen LogP contribution in [0.3, 0.4) is 0 Å². The number of hydrogen-bond donors (Lipinski definition) is 3. The zero-order chi connectivity index (χ0) is 20.1. The van der Waals surface area contributed by atoms with Gasteiger partial charge in [0, 0.05) is 32.8 Å². The number of likely N-dealkylation sites (tertiary alicyclic amines) is 1. The second-order valence-corrected chi connectivity index (χ2v) is 8.14. The van der Waals surface area contributed by atoms with Crippen molar-refractivity contribution in [3.8, 4) is 0 Å². The van der Waals surface area contributed by atoms with E-state index in [1.807, 2.05) is 6.92 Å². The molecule has 1 saturated heterocycles. The Morgan fingerprint density at radius 2 is 1.83 bits per heavy atom. The van der Waals surface area contributed by atoms with Crippen LogP contribution in [-0.4, -0.2) is 60.6 Å². The van der Waals surface area contributed by atoms with Crippen LogP contribution in [0.1, 0.15) is 39.5 Å². The van der Waals surface area contributed by atoms with E-state index in [1.54, 1.807) is 0 Å². The highest BCUT2D eigenvalue weighted by Crippen LogP contribution is 2.52. The first kappa shape index (κ1) is 24.1. The van der Waals surface area contributed by atoms with Crippen LogP contribution in [-0.2, 0) is 9.59 Å². The van der Waals surface area contributed by atoms with Gasteiger partial charge in [-0.1, -0.05) is 25.5 Å². The normalized spacial score (nSPS) is 28.5. The van der Waals surface area contributed by atoms with E-state index in [2.05, 4.69) is 34.7 Å². The maximum absolute atomic E-state index is 12.7. The number of carbonyl (C=O) groups is 2. The Kier molecular flexibility index (Phi) is 9.39. The van der Waals surface area contributed by atoms with Crippen LogP contribution < -0.4 is 10.6 Å². The summed E-state index contributed by atoms with van der Waals surface area (Å²) in [5, 5.41) is 15.7. The average Bonchev–Trinajstić information content (AvgIpc) is 3.35. The highest BCUT2D eigenvalue weighted by Gasteiger charge is 2.58. The quantitative estimate of drug-likeness (QED) is 0.135. The molecule has 5 atom stereocenters. The summed E-state index contributed by atoms with van der Waals surface area (Å²) in [4.78, 5) is 31.5. The minimum atomic E-state index is -0.127. The highest BCUT2D eigenvalue weighted by atomic mass is 127. The fourth-order valence-electron chi connectivity index (χ4n) is 4.95. The van der Waals surface area contributed by atoms with Crippen molar-refractivity contribution in [2.45, 2.75) is 39.5 Å². The number of aliphatic imine (C=N–C) groups is 1. The summed E-state index contributed by atoms with van der Waals surface area (Å²) in [5.74, 6) is 1.33. The van der Waals surface area contributed by atoms with Crippen molar-refractivity contribution in [2.24, 2.45) is 34.6 Å². The molecule has 7 nitrogen and oxygen atoms in total. The van der Waals surface area contributed by atoms with E-state index in [0.717, 1.165) is 32.2 Å². The minimum Gasteiger partial charge on any atom is -0.396 e. The summed E-state index contributed by atoms with van der Waals surface area (Å²) >= 11 is 0. The molecule has 164 valence electrons. The maximum Gasteiger partial charge on any atom is 0.233 e. The molecule has 1 saturated carbocycles. The Bertz CT molecular complexity index is 603. The molecule has 3 rings (SSSR count). The van der Waals surface area contributed by atoms with Crippen molar-refractivity contribution in [3.05, 3.63) is 12.2 Å². The number of allylic oxidation sites excluding steroid dienone is 2. The lowest BCUT2D eigenvalue weighted by molar-refractivity contribution is -0.140. The van der Waals surface area contributed by atoms with Crippen LogP contribution in [0.25, 0.3) is 0 Å². The standard InChI is InChI=1S/C21H34N4O3.HI/c1-3-5-14(8-11-26)13-24-21(22-4-2)23-9-10-25-19(27)17-15-6-7-16(12-15)18(17)20(25)28;/h6-7,14-18,26H,3-5,8-13H2,1-2H3,(H2,22,23,24);1H. The van der Waals surface area contributed by atoms with E-state index in [1.165, 1.54) is 4.90 Å². The van der Waals surface area contributed by atoms with Gasteiger partial charge < -0.3 is 15.7 Å². The molecule has 29 heavy (non-hydrogen) atoms. The summed E-state index contributed by atoms with van der Waals surface area (Å²) in [7, 11) is 0. The van der Waals surface area contributed by atoms with Crippen LogP contribution >= 0.6 is 24.0 Å². The van der Waals surface area contributed by atoms with Gasteiger partial charge in [-0.05, 0) is 43.9 Å². The van der Waals surface area contributed by atoms with Crippen molar-refractivity contribution in [3.63, 3.8) is 0 Å². The molecule has 0 aromatic carbocycles. The van der Waals surface area contributed by atoms with E-state index in [9.17, 15) is 14.7 Å². The summed E-state index contributed by atoms with van der Waals surface area (Å²) in [6.45, 7) is 6.59. The molecule has 2 bridgehead atoms. The average molecular weight is 518 g/mol. The van der Waals surface area contributed by atoms with Crippen molar-refractivity contribution in [2.75, 3.05) is 32.8 Å². The minimum absolute atomic E-state index is 0. The molecular formula is C21H35IN4O3. The molecule has 2 aliphatic carbocycles. The summed E-state index contributed by atoms with van der Waals surface area (Å²) in [6, 6.07) is 0. The molecule has 3 aliphatic rings. The van der Waals surface area contributed by atoms with Gasteiger partial charge in [-0.15, -0.1) is 24.0 Å². The predicted octanol–water partition coefficient (Wildman–Crippen LogP) is 1.77. The fourth-order valence-corrected chi connectivity index (χ4v) is 4.95. The van der Waals surface area contributed by atoms with E-state index >= 15 is 0 Å². The van der Waals surface area contributed by atoms with Gasteiger partial charge in [0.05, 0.1) is 11.8 Å². The van der Waals surface area contributed by atoms with E-state index in [-0.39, 0.29) is 66.1 Å². The first-order valence-electron chi connectivity index (χ1n) is 10.8. The number of rotatable bonds is 10. The molecule has 5 unspecified atom stereocenters. The zero-order valence-corrected chi connectivity index (χ0v) is 19.8. The number of imide groups is 1. The Morgan fingerprint density at radius 3 is 2.38 bits per heavy atom. The Hall–Kier alpha value is -1.16. The molecule has 2 fully saturated rings. The number of aliphatic hydroxyl groups is 1. The van der Waals surface area contributed by atoms with Crippen LogP contribution in [0.15, 0.2) is 17.1 Å². The maximum atomic E-state index is 12.7. The smallest absolute Gasteiger partial charge is 0.233 e. The molecule has 0 spiro atoms. The number of nitrogens with zero attached hydrogens (tertiary/aromatic N) is 2. The molecule has 0 radical (unpaired) electrons. The lowest BCUT2D eigenvalue weighted by Crippen LogP contribution is -2.44. The third-order valence-corrected chi connectivity index (χ3v) is 6.28. The lowest BCUT2D eigenvalue weighted by atomic mass is 9.85. The van der Waals surface area contributed by atoms with Crippen LogP contribution in [0, 0.1) is 29.6 Å². The summed E-state index contributed by atoms with van der Waals surface area (Å²) in [6.07, 6.45) is 8.07. The SMILES string of the molecule is CCCC(CCO)CN=C(NCC)NCCN1C(=O)C2C3C=CC(C3)C2C1=O.I. The first-order chi connectivity index (χ1) is 13.6. The van der Waals surface area contributed by atoms with Crippen LogP contribution in [0.2, 0.25) is 0 Å². The van der Waals surface area contributed by atoms with Crippen molar-refractivity contribution in [1.82, 2.24) is 15.5 Å². The Balaban J connectivity index is 0.00000300. The number of aliphatic hydroxyl groups excluding tert-OH is 1. The van der Waals surface area contributed by atoms with Gasteiger partial charge >= 0.3 is 0 Å². The van der Waals surface area contributed by atoms with Gasteiger partial charge in [0.2, 0.25) is 11.8 Å². The molecule has 1 aliphatic heterocycles. The molecular weight excluding hydrogens is 483 g/mol. The molecule has 8 heteroatoms. The number of halogens is 1. The largest absolute Gasteiger partial charge is 0.396 e. The van der Waals surface area contributed by atoms with Crippen LogP contribution in [0.5, 0.6) is 0 Å². The zero-order valence-electron chi connectivity index (χ0n) is 17.5. The molecule has 0 aromatic heterocycles. The first-order valence-corrected chi connectivity index (χ1v) is 10.8. The summed E-state index contributed by atoms with van der Waals surface area (Å²) < 4.78 is 0. The number of guanidine groups is 1. The summed E-state index contributed by atoms with van der Waals surface area (Å²) in [5.41, 5.74) is 0. The Labute approximate surface area is 190 Å². The van der Waals surface area contributed by atoms with Gasteiger partial charge in [-0.2, -0.15) is 0 Å². The third kappa shape index (κ3) is 5.31. The molecule has 1 heterocycles. The van der Waals surface area contributed by atoms with Crippen molar-refractivity contribution < 1.29 is 14.7 Å². The number of fused-ring (bicyclic) bond motifs is 5. The van der Waals surface area contributed by atoms with E-state index < -0.39 is 0 Å². The predicted molar refractivity (Wildman–Crippen MR) is 124 cm³/mol. The molecule has 0 aromatic rings. The van der Waals surface area contributed by atoms with Gasteiger partial charge in [-0.25, -0.2) is 0 Å². The van der Waals surface area contributed by atoms with Crippen molar-refractivity contribution >= 4 is 41.8 Å². The molecule has 2 amide bonds. The lowest BCUT2D eigenvalue weighted by Gasteiger charge is -2.19. The fraction of sp³-hybridized carbons (Fsp3) is 0.762. The van der Waals surface area contributed by atoms with E-state index in [0.29, 0.717) is 31.5 Å². The van der Waals surface area contributed by atoms with Crippen LogP contribution in [0.4, 0.5) is 0 Å². The van der Waals surface area contributed by atoms with Crippen molar-refractivity contribution in [1.29, 1.82) is 0 Å². The van der Waals surface area contributed by atoms with Gasteiger partial charge in [0.15, 0.2) is 5.96 Å². The number of carbonyl (C=O) groups excluding carboxylic acids is 2. The number of nitrogens with one attached hydrogen (secondary N) is 2. The van der Waals surface area contributed by atoms with Gasteiger partial charge in [-0.3, -0.25) is 19.5 Å². The second-order valence-electron chi connectivity index (χ2n) is 8.14. The Morgan fingerprint density at radius 1 is 1.17 bits per heavy atom. The second kappa shape index (κ2) is 11.3. The molecule has 3 N–H and O–H groups in total. The van der Waals surface area contributed by atoms with Gasteiger partial charge in [0.1, 0.15) is 0 Å². The topological polar surface area (TPSA) is 94.0 Å².